The van der Waals surface area contributed by atoms with Gasteiger partial charge in [-0.2, -0.15) is 4.31 Å². The number of rotatable bonds is 8. The zero-order valence-corrected chi connectivity index (χ0v) is 19.2. The normalized spacial score (nSPS) is 15.8. The van der Waals surface area contributed by atoms with Gasteiger partial charge in [0.15, 0.2) is 0 Å². The number of halogens is 1. The number of fused-ring (bicyclic) bond motifs is 1. The number of sulfonamides is 1. The van der Waals surface area contributed by atoms with E-state index in [1.54, 1.807) is 19.1 Å². The largest absolute Gasteiger partial charge is 0.394 e. The van der Waals surface area contributed by atoms with Crippen LogP contribution in [0.2, 0.25) is 0 Å². The number of carbonyl (C=O) groups excluding carboxylic acids is 1. The Labute approximate surface area is 194 Å². The molecule has 34 heavy (non-hydrogen) atoms. The van der Waals surface area contributed by atoms with Crippen LogP contribution in [-0.4, -0.2) is 75.8 Å². The zero-order valence-electron chi connectivity index (χ0n) is 18.3. The summed E-state index contributed by atoms with van der Waals surface area (Å²) in [6.45, 7) is 1.82. The number of methoxy groups -OCH3 is 1. The molecular formula is C20H22FN7O5S. The maximum absolute atomic E-state index is 14.7. The number of nitrogens with zero attached hydrogens (tertiary/aromatic N) is 6. The topological polar surface area (TPSA) is 152 Å². The van der Waals surface area contributed by atoms with E-state index in [2.05, 4.69) is 25.8 Å². The highest BCUT2D eigenvalue weighted by atomic mass is 32.2. The molecule has 1 aliphatic rings. The molecule has 2 aromatic heterocycles. The lowest BCUT2D eigenvalue weighted by molar-refractivity contribution is 0.102. The molecular weight excluding hydrogens is 469 g/mol. The number of nitrogens with one attached hydrogen (secondary N) is 1. The molecule has 0 saturated heterocycles. The van der Waals surface area contributed by atoms with Crippen LogP contribution in [0, 0.1) is 5.82 Å². The van der Waals surface area contributed by atoms with E-state index >= 15 is 0 Å². The number of hydrogen-bond donors (Lipinski definition) is 2. The van der Waals surface area contributed by atoms with Gasteiger partial charge in [0.05, 0.1) is 29.7 Å². The quantitative estimate of drug-likeness (QED) is 0.466. The highest BCUT2D eigenvalue weighted by Gasteiger charge is 2.36. The van der Waals surface area contributed by atoms with Crippen molar-refractivity contribution in [2.24, 2.45) is 0 Å². The van der Waals surface area contributed by atoms with Gasteiger partial charge in [-0.25, -0.2) is 22.5 Å². The first-order chi connectivity index (χ1) is 16.3. The number of ether oxygens (including phenoxy) is 1. The minimum atomic E-state index is -3.87. The van der Waals surface area contributed by atoms with E-state index in [4.69, 9.17) is 4.74 Å². The number of anilines is 1. The Morgan fingerprint density at radius 2 is 2.15 bits per heavy atom. The minimum Gasteiger partial charge on any atom is -0.394 e. The Hall–Kier alpha value is -3.33. The average molecular weight is 492 g/mol. The highest BCUT2D eigenvalue weighted by molar-refractivity contribution is 7.89. The van der Waals surface area contributed by atoms with Crippen molar-refractivity contribution < 1.29 is 27.4 Å². The Bertz CT molecular complexity index is 1330. The minimum absolute atomic E-state index is 0.00439. The second-order valence-electron chi connectivity index (χ2n) is 7.61. The molecule has 1 amide bonds. The number of carbonyl (C=O) groups is 1. The Morgan fingerprint density at radius 3 is 2.88 bits per heavy atom. The van der Waals surface area contributed by atoms with Crippen molar-refractivity contribution in [1.29, 1.82) is 0 Å². The van der Waals surface area contributed by atoms with Crippen molar-refractivity contribution in [2.45, 2.75) is 24.4 Å². The van der Waals surface area contributed by atoms with Gasteiger partial charge in [0, 0.05) is 20.2 Å². The highest BCUT2D eigenvalue weighted by Crippen LogP contribution is 2.32. The molecule has 0 aliphatic carbocycles. The molecule has 0 saturated carbocycles. The van der Waals surface area contributed by atoms with Crippen molar-refractivity contribution in [1.82, 2.24) is 29.5 Å². The van der Waals surface area contributed by atoms with Gasteiger partial charge < -0.3 is 15.2 Å². The van der Waals surface area contributed by atoms with E-state index in [-0.39, 0.29) is 48.4 Å². The summed E-state index contributed by atoms with van der Waals surface area (Å²) in [4.78, 5) is 17.0. The summed E-state index contributed by atoms with van der Waals surface area (Å²) < 4.78 is 47.8. The van der Waals surface area contributed by atoms with Crippen molar-refractivity contribution >= 4 is 21.7 Å². The van der Waals surface area contributed by atoms with Crippen LogP contribution in [0.5, 0.6) is 0 Å². The molecule has 1 aliphatic heterocycles. The molecule has 3 heterocycles. The van der Waals surface area contributed by atoms with Gasteiger partial charge in [-0.05, 0) is 47.2 Å². The van der Waals surface area contributed by atoms with Gasteiger partial charge in [-0.15, -0.1) is 5.10 Å². The number of aliphatic hydroxyl groups excluding tert-OH is 1. The zero-order chi connectivity index (χ0) is 24.5. The molecule has 0 spiro atoms. The van der Waals surface area contributed by atoms with Crippen LogP contribution in [0.15, 0.2) is 35.2 Å². The Kier molecular flexibility index (Phi) is 6.65. The van der Waals surface area contributed by atoms with Crippen LogP contribution in [-0.2, 0) is 21.3 Å². The molecule has 3 aromatic rings. The van der Waals surface area contributed by atoms with Crippen LogP contribution < -0.4 is 5.32 Å². The van der Waals surface area contributed by atoms with Crippen LogP contribution in [0.25, 0.3) is 11.5 Å². The SMILES string of the molecule is COCCN1Cc2cc(F)c(C(=O)Nc3cccc(-c4nnnn4C(C)CO)n3)cc2S1(=O)=O. The van der Waals surface area contributed by atoms with Crippen LogP contribution >= 0.6 is 0 Å². The molecule has 4 rings (SSSR count). The fourth-order valence-electron chi connectivity index (χ4n) is 3.49. The summed E-state index contributed by atoms with van der Waals surface area (Å²) in [5.41, 5.74) is 0.158. The number of aliphatic hydroxyl groups is 1. The molecule has 0 radical (unpaired) electrons. The number of aromatic nitrogens is 5. The summed E-state index contributed by atoms with van der Waals surface area (Å²) in [6, 6.07) is 6.38. The van der Waals surface area contributed by atoms with Crippen molar-refractivity contribution in [2.75, 3.05) is 32.2 Å². The lowest BCUT2D eigenvalue weighted by Gasteiger charge is -2.13. The third-order valence-electron chi connectivity index (χ3n) is 5.30. The van der Waals surface area contributed by atoms with Crippen molar-refractivity contribution in [3.05, 3.63) is 47.3 Å². The molecule has 0 fully saturated rings. The number of tetrazole rings is 1. The molecule has 1 unspecified atom stereocenters. The predicted molar refractivity (Wildman–Crippen MR) is 117 cm³/mol. The second-order valence-corrected chi connectivity index (χ2v) is 9.52. The molecule has 12 nitrogen and oxygen atoms in total. The Balaban J connectivity index is 1.60. The molecule has 1 atom stereocenters. The third-order valence-corrected chi connectivity index (χ3v) is 7.23. The van der Waals surface area contributed by atoms with Gasteiger partial charge in [0.25, 0.3) is 5.91 Å². The first-order valence-electron chi connectivity index (χ1n) is 10.2. The fraction of sp³-hybridized carbons (Fsp3) is 0.350. The smallest absolute Gasteiger partial charge is 0.259 e. The summed E-state index contributed by atoms with van der Waals surface area (Å²) in [7, 11) is -2.42. The van der Waals surface area contributed by atoms with E-state index in [0.717, 1.165) is 12.1 Å². The van der Waals surface area contributed by atoms with Gasteiger partial charge in [0.2, 0.25) is 15.8 Å². The summed E-state index contributed by atoms with van der Waals surface area (Å²) in [5.74, 6) is -1.36. The van der Waals surface area contributed by atoms with Gasteiger partial charge in [0.1, 0.15) is 17.3 Å². The Morgan fingerprint density at radius 1 is 1.35 bits per heavy atom. The first kappa shape index (κ1) is 23.8. The monoisotopic (exact) mass is 491 g/mol. The molecule has 180 valence electrons. The van der Waals surface area contributed by atoms with Crippen LogP contribution in [0.3, 0.4) is 0 Å². The predicted octanol–water partition coefficient (Wildman–Crippen LogP) is 0.830. The van der Waals surface area contributed by atoms with E-state index in [1.807, 2.05) is 0 Å². The number of amides is 1. The fourth-order valence-corrected chi connectivity index (χ4v) is 5.11. The molecule has 14 heteroatoms. The molecule has 1 aromatic carbocycles. The average Bonchev–Trinajstić information content (AvgIpc) is 3.39. The standard InChI is InChI=1S/C20H22FN7O5S/c1-12(11-29)28-19(24-25-26-28)16-4-3-5-18(22-16)23-20(30)14-9-17-13(8-15(14)21)10-27(6-7-33-2)34(17,31)32/h3-5,8-9,12,29H,6-7,10-11H2,1-2H3,(H,22,23,30). The second kappa shape index (κ2) is 9.50. The van der Waals surface area contributed by atoms with E-state index < -0.39 is 33.4 Å². The number of pyridine rings is 1. The van der Waals surface area contributed by atoms with Crippen molar-refractivity contribution in [3.8, 4) is 11.5 Å². The van der Waals surface area contributed by atoms with Gasteiger partial charge in [-0.1, -0.05) is 6.07 Å². The van der Waals surface area contributed by atoms with Gasteiger partial charge in [-0.3, -0.25) is 4.79 Å². The maximum Gasteiger partial charge on any atom is 0.259 e. The molecule has 2 N–H and O–H groups in total. The van der Waals surface area contributed by atoms with Crippen molar-refractivity contribution in [3.63, 3.8) is 0 Å². The lowest BCUT2D eigenvalue weighted by Crippen LogP contribution is -2.27. The van der Waals surface area contributed by atoms with E-state index in [0.29, 0.717) is 5.69 Å². The summed E-state index contributed by atoms with van der Waals surface area (Å²) >= 11 is 0. The van der Waals surface area contributed by atoms with E-state index in [1.165, 1.54) is 22.2 Å². The third kappa shape index (κ3) is 4.40. The number of benzene rings is 1. The van der Waals surface area contributed by atoms with Crippen LogP contribution in [0.1, 0.15) is 28.9 Å². The van der Waals surface area contributed by atoms with Gasteiger partial charge >= 0.3 is 0 Å². The molecule has 0 bridgehead atoms. The van der Waals surface area contributed by atoms with Crippen LogP contribution in [0.4, 0.5) is 10.2 Å². The summed E-state index contributed by atoms with van der Waals surface area (Å²) in [5, 5.41) is 23.2. The van der Waals surface area contributed by atoms with E-state index in [9.17, 15) is 22.7 Å². The maximum atomic E-state index is 14.7. The number of hydrogen-bond acceptors (Lipinski definition) is 9. The lowest BCUT2D eigenvalue weighted by atomic mass is 10.1. The summed E-state index contributed by atoms with van der Waals surface area (Å²) in [6.07, 6.45) is 0. The first-order valence-corrected chi connectivity index (χ1v) is 11.7.